The summed E-state index contributed by atoms with van der Waals surface area (Å²) in [4.78, 5) is 37.1. The van der Waals surface area contributed by atoms with E-state index in [-0.39, 0.29) is 18.4 Å². The molecular weight excluding hydrogens is 432 g/mol. The molecule has 0 heterocycles. The number of carboxylic acids is 1. The van der Waals surface area contributed by atoms with Gasteiger partial charge >= 0.3 is 12.1 Å². The van der Waals surface area contributed by atoms with Crippen LogP contribution in [0.1, 0.15) is 56.6 Å². The molecule has 0 aromatic heterocycles. The van der Waals surface area contributed by atoms with Gasteiger partial charge in [-0.3, -0.25) is 4.79 Å². The highest BCUT2D eigenvalue weighted by molar-refractivity contribution is 5.89. The summed E-state index contributed by atoms with van der Waals surface area (Å²) < 4.78 is 5.58. The van der Waals surface area contributed by atoms with Gasteiger partial charge in [0, 0.05) is 5.92 Å². The minimum absolute atomic E-state index is 0.0000242. The molecule has 2 aliphatic rings. The third kappa shape index (κ3) is 5.41. The van der Waals surface area contributed by atoms with Crippen LogP contribution < -0.4 is 10.6 Å². The van der Waals surface area contributed by atoms with Gasteiger partial charge in [-0.05, 0) is 59.8 Å². The van der Waals surface area contributed by atoms with Crippen LogP contribution >= 0.6 is 0 Å². The van der Waals surface area contributed by atoms with Gasteiger partial charge in [-0.25, -0.2) is 9.59 Å². The molecule has 0 bridgehead atoms. The van der Waals surface area contributed by atoms with Crippen LogP contribution in [-0.2, 0) is 14.3 Å². The maximum absolute atomic E-state index is 12.9. The Balaban J connectivity index is 1.38. The molecule has 180 valence electrons. The first-order valence-corrected chi connectivity index (χ1v) is 12.0. The van der Waals surface area contributed by atoms with Crippen molar-refractivity contribution >= 4 is 18.0 Å². The van der Waals surface area contributed by atoms with Crippen LogP contribution in [0.3, 0.4) is 0 Å². The summed E-state index contributed by atoms with van der Waals surface area (Å²) in [7, 11) is 0. The number of ether oxygens (including phenoxy) is 1. The Hall–Kier alpha value is -3.35. The summed E-state index contributed by atoms with van der Waals surface area (Å²) in [6, 6.07) is 14.4. The van der Waals surface area contributed by atoms with Gasteiger partial charge in [-0.2, -0.15) is 0 Å². The Morgan fingerprint density at radius 2 is 1.53 bits per heavy atom. The maximum Gasteiger partial charge on any atom is 0.407 e. The van der Waals surface area contributed by atoms with Gasteiger partial charge < -0.3 is 20.5 Å². The molecule has 34 heavy (non-hydrogen) atoms. The van der Waals surface area contributed by atoms with Crippen LogP contribution in [0, 0.1) is 11.8 Å². The summed E-state index contributed by atoms with van der Waals surface area (Å²) in [5.41, 5.74) is 4.51. The quantitative estimate of drug-likeness (QED) is 0.486. The summed E-state index contributed by atoms with van der Waals surface area (Å²) in [6.07, 6.45) is 1.99. The number of hydrogen-bond donors (Lipinski definition) is 3. The Kier molecular flexibility index (Phi) is 7.20. The molecule has 3 N–H and O–H groups in total. The zero-order valence-electron chi connectivity index (χ0n) is 19.6. The fraction of sp³-hybridized carbons (Fsp3) is 0.444. The highest BCUT2D eigenvalue weighted by Crippen LogP contribution is 2.44. The highest BCUT2D eigenvalue weighted by Gasteiger charge is 2.39. The maximum atomic E-state index is 12.9. The van der Waals surface area contributed by atoms with E-state index in [4.69, 9.17) is 4.74 Å². The SMILES string of the molecule is CC(C)CCC(NC(=O)C(NC(=O)OCC1c2ccccc2-c2ccccc21)C1CC1)C(=O)O. The number of nitrogens with one attached hydrogen (secondary N) is 2. The van der Waals surface area contributed by atoms with Crippen LogP contribution in [0.15, 0.2) is 48.5 Å². The van der Waals surface area contributed by atoms with Crippen molar-refractivity contribution in [1.29, 1.82) is 0 Å². The van der Waals surface area contributed by atoms with Crippen LogP contribution in [0.5, 0.6) is 0 Å². The van der Waals surface area contributed by atoms with E-state index in [9.17, 15) is 19.5 Å². The zero-order valence-corrected chi connectivity index (χ0v) is 19.6. The molecule has 0 radical (unpaired) electrons. The van der Waals surface area contributed by atoms with Gasteiger partial charge in [0.25, 0.3) is 0 Å². The second-order valence-electron chi connectivity index (χ2n) is 9.66. The minimum Gasteiger partial charge on any atom is -0.480 e. The minimum atomic E-state index is -1.07. The molecule has 0 saturated heterocycles. The van der Waals surface area contributed by atoms with Crippen molar-refractivity contribution in [2.75, 3.05) is 6.61 Å². The largest absolute Gasteiger partial charge is 0.480 e. The van der Waals surface area contributed by atoms with Crippen LogP contribution in [0.2, 0.25) is 0 Å². The van der Waals surface area contributed by atoms with E-state index in [0.29, 0.717) is 18.8 Å². The molecule has 7 nitrogen and oxygen atoms in total. The average Bonchev–Trinajstić information content (AvgIpc) is 3.61. The molecule has 1 saturated carbocycles. The van der Waals surface area contributed by atoms with Crippen LogP contribution in [0.25, 0.3) is 11.1 Å². The van der Waals surface area contributed by atoms with Crippen molar-refractivity contribution in [1.82, 2.24) is 10.6 Å². The second-order valence-corrected chi connectivity index (χ2v) is 9.66. The number of carbonyl (C=O) groups is 3. The van der Waals surface area contributed by atoms with E-state index >= 15 is 0 Å². The van der Waals surface area contributed by atoms with Crippen LogP contribution in [-0.4, -0.2) is 41.8 Å². The number of fused-ring (bicyclic) bond motifs is 3. The van der Waals surface area contributed by atoms with E-state index in [0.717, 1.165) is 35.1 Å². The molecule has 2 aromatic rings. The smallest absolute Gasteiger partial charge is 0.407 e. The number of aliphatic carboxylic acids is 1. The Labute approximate surface area is 199 Å². The number of carboxylic acid groups (broad SMARTS) is 1. The number of alkyl carbamates (subject to hydrolysis) is 1. The molecule has 2 aliphatic carbocycles. The van der Waals surface area contributed by atoms with E-state index in [1.54, 1.807) is 0 Å². The molecule has 1 fully saturated rings. The first-order chi connectivity index (χ1) is 16.3. The van der Waals surface area contributed by atoms with Crippen molar-refractivity contribution in [3.8, 4) is 11.1 Å². The predicted molar refractivity (Wildman–Crippen MR) is 128 cm³/mol. The molecule has 2 amide bonds. The topological polar surface area (TPSA) is 105 Å². The fourth-order valence-electron chi connectivity index (χ4n) is 4.61. The van der Waals surface area contributed by atoms with Crippen molar-refractivity contribution in [2.45, 2.75) is 57.5 Å². The number of benzene rings is 2. The average molecular weight is 465 g/mol. The molecule has 2 aromatic carbocycles. The third-order valence-electron chi connectivity index (χ3n) is 6.64. The zero-order chi connectivity index (χ0) is 24.2. The van der Waals surface area contributed by atoms with Crippen molar-refractivity contribution < 1.29 is 24.2 Å². The lowest BCUT2D eigenvalue weighted by atomic mass is 9.98. The molecule has 0 aliphatic heterocycles. The number of carbonyl (C=O) groups excluding carboxylic acids is 2. The number of rotatable bonds is 10. The molecule has 0 spiro atoms. The monoisotopic (exact) mass is 464 g/mol. The van der Waals surface area contributed by atoms with Crippen molar-refractivity contribution in [3.63, 3.8) is 0 Å². The highest BCUT2D eigenvalue weighted by atomic mass is 16.5. The number of amides is 2. The molecule has 2 unspecified atom stereocenters. The van der Waals surface area contributed by atoms with E-state index < -0.39 is 30.1 Å². The van der Waals surface area contributed by atoms with E-state index in [1.165, 1.54) is 0 Å². The van der Waals surface area contributed by atoms with Crippen LogP contribution in [0.4, 0.5) is 4.79 Å². The van der Waals surface area contributed by atoms with Gasteiger partial charge in [0.1, 0.15) is 18.7 Å². The van der Waals surface area contributed by atoms with E-state index in [1.807, 2.05) is 50.2 Å². The molecule has 7 heteroatoms. The molecule has 4 rings (SSSR count). The lowest BCUT2D eigenvalue weighted by Crippen LogP contribution is -2.52. The Bertz CT molecular complexity index is 1020. The first-order valence-electron chi connectivity index (χ1n) is 12.0. The van der Waals surface area contributed by atoms with E-state index in [2.05, 4.69) is 22.8 Å². The second kappa shape index (κ2) is 10.3. The summed E-state index contributed by atoms with van der Waals surface area (Å²) in [5.74, 6) is -1.27. The lowest BCUT2D eigenvalue weighted by molar-refractivity contribution is -0.142. The summed E-state index contributed by atoms with van der Waals surface area (Å²) >= 11 is 0. The fourth-order valence-corrected chi connectivity index (χ4v) is 4.61. The van der Waals surface area contributed by atoms with Gasteiger partial charge in [0.05, 0.1) is 0 Å². The first kappa shape index (κ1) is 23.8. The molecular formula is C27H32N2O5. The van der Waals surface area contributed by atoms with Crippen molar-refractivity contribution in [3.05, 3.63) is 59.7 Å². The Morgan fingerprint density at radius 1 is 0.941 bits per heavy atom. The summed E-state index contributed by atoms with van der Waals surface area (Å²) in [5, 5.41) is 14.8. The van der Waals surface area contributed by atoms with Gasteiger partial charge in [0.15, 0.2) is 0 Å². The standard InChI is InChI=1S/C27H32N2O5/c1-16(2)11-14-23(26(31)32)28-25(30)24(17-12-13-17)29-27(33)34-15-22-20-9-5-3-7-18(20)19-8-4-6-10-21(19)22/h3-10,16-17,22-24H,11-15H2,1-2H3,(H,28,30)(H,29,33)(H,31,32). The number of hydrogen-bond acceptors (Lipinski definition) is 4. The molecule has 2 atom stereocenters. The normalized spacial score (nSPS) is 16.3. The van der Waals surface area contributed by atoms with Crippen molar-refractivity contribution in [2.24, 2.45) is 11.8 Å². The Morgan fingerprint density at radius 3 is 2.06 bits per heavy atom. The van der Waals surface area contributed by atoms with Gasteiger partial charge in [0.2, 0.25) is 5.91 Å². The predicted octanol–water partition coefficient (Wildman–Crippen LogP) is 4.31. The summed E-state index contributed by atoms with van der Waals surface area (Å²) in [6.45, 7) is 4.17. The van der Waals surface area contributed by atoms with Gasteiger partial charge in [-0.1, -0.05) is 62.4 Å². The lowest BCUT2D eigenvalue weighted by Gasteiger charge is -2.22. The van der Waals surface area contributed by atoms with Gasteiger partial charge in [-0.15, -0.1) is 0 Å². The third-order valence-corrected chi connectivity index (χ3v) is 6.64.